The lowest BCUT2D eigenvalue weighted by Gasteiger charge is -2.13. The molecule has 1 N–H and O–H groups in total. The van der Waals surface area contributed by atoms with E-state index in [1.807, 2.05) is 0 Å². The van der Waals surface area contributed by atoms with Gasteiger partial charge < -0.3 is 5.32 Å². The summed E-state index contributed by atoms with van der Waals surface area (Å²) in [6.45, 7) is 0.516. The number of nitrogens with one attached hydrogen (secondary N) is 1. The van der Waals surface area contributed by atoms with Gasteiger partial charge in [-0.2, -0.15) is 0 Å². The Balaban J connectivity index is 2.30. The maximum Gasteiger partial charge on any atom is 0.173 e. The molecular weight excluding hydrogens is 212 g/mol. The lowest BCUT2D eigenvalue weighted by Crippen LogP contribution is -2.28. The zero-order chi connectivity index (χ0) is 11.8. The molecular formula is C12H13F2NO. The molecule has 0 aliphatic heterocycles. The van der Waals surface area contributed by atoms with Crippen molar-refractivity contribution in [3.05, 3.63) is 35.4 Å². The number of Topliss-reactive ketones (excluding diaryl/α,β-unsaturated/α-hetero) is 1. The van der Waals surface area contributed by atoms with Gasteiger partial charge in [0, 0.05) is 12.0 Å². The maximum absolute atomic E-state index is 13.4. The van der Waals surface area contributed by atoms with Crippen LogP contribution in [0, 0.1) is 17.0 Å². The Morgan fingerprint density at radius 3 is 2.69 bits per heavy atom. The van der Waals surface area contributed by atoms with E-state index in [0.717, 1.165) is 31.0 Å². The molecule has 0 radical (unpaired) electrons. The van der Waals surface area contributed by atoms with E-state index in [1.165, 1.54) is 0 Å². The number of hydrogen-bond donors (Lipinski definition) is 1. The van der Waals surface area contributed by atoms with Gasteiger partial charge >= 0.3 is 0 Å². The van der Waals surface area contributed by atoms with E-state index in [-0.39, 0.29) is 11.3 Å². The molecule has 0 saturated heterocycles. The first-order valence-corrected chi connectivity index (χ1v) is 5.23. The van der Waals surface area contributed by atoms with Crippen LogP contribution in [0.3, 0.4) is 0 Å². The van der Waals surface area contributed by atoms with Crippen molar-refractivity contribution in [2.24, 2.45) is 5.41 Å². The first kappa shape index (κ1) is 11.2. The lowest BCUT2D eigenvalue weighted by atomic mass is 9.94. The molecule has 0 aromatic heterocycles. The topological polar surface area (TPSA) is 29.1 Å². The van der Waals surface area contributed by atoms with Crippen LogP contribution in [0.2, 0.25) is 0 Å². The summed E-state index contributed by atoms with van der Waals surface area (Å²) in [5, 5.41) is 2.92. The van der Waals surface area contributed by atoms with Gasteiger partial charge in [-0.3, -0.25) is 4.79 Å². The van der Waals surface area contributed by atoms with Gasteiger partial charge in [-0.1, -0.05) is 0 Å². The third kappa shape index (κ3) is 1.85. The van der Waals surface area contributed by atoms with Gasteiger partial charge in [0.25, 0.3) is 0 Å². The Bertz CT molecular complexity index is 427. The predicted molar refractivity (Wildman–Crippen MR) is 56.3 cm³/mol. The molecule has 2 nitrogen and oxygen atoms in total. The fraction of sp³-hybridized carbons (Fsp3) is 0.417. The highest BCUT2D eigenvalue weighted by molar-refractivity contribution is 6.02. The Morgan fingerprint density at radius 2 is 2.12 bits per heavy atom. The number of benzene rings is 1. The summed E-state index contributed by atoms with van der Waals surface area (Å²) in [5.41, 5.74) is -0.642. The van der Waals surface area contributed by atoms with Crippen LogP contribution in [0.15, 0.2) is 18.2 Å². The minimum Gasteiger partial charge on any atom is -0.319 e. The number of ketones is 1. The fourth-order valence-corrected chi connectivity index (χ4v) is 1.93. The van der Waals surface area contributed by atoms with Gasteiger partial charge in [0.05, 0.1) is 5.56 Å². The number of halogens is 2. The first-order valence-electron chi connectivity index (χ1n) is 5.23. The molecule has 1 aliphatic carbocycles. The summed E-state index contributed by atoms with van der Waals surface area (Å²) in [6.07, 6.45) is 1.48. The van der Waals surface area contributed by atoms with Crippen LogP contribution in [0.5, 0.6) is 0 Å². The van der Waals surface area contributed by atoms with Crippen molar-refractivity contribution >= 4 is 5.78 Å². The average molecular weight is 225 g/mol. The maximum atomic E-state index is 13.4. The number of rotatable bonds is 4. The standard InChI is InChI=1S/C12H13F2NO/c1-15-7-12(4-5-12)11(16)9-6-8(13)2-3-10(9)14/h2-3,6,15H,4-5,7H2,1H3. The van der Waals surface area contributed by atoms with Gasteiger partial charge in [-0.25, -0.2) is 8.78 Å². The molecule has 86 valence electrons. The third-order valence-electron chi connectivity index (χ3n) is 3.02. The summed E-state index contributed by atoms with van der Waals surface area (Å²) >= 11 is 0. The molecule has 0 unspecified atom stereocenters. The molecule has 0 bridgehead atoms. The van der Waals surface area contributed by atoms with Gasteiger partial charge in [0.2, 0.25) is 0 Å². The van der Waals surface area contributed by atoms with Crippen LogP contribution in [0.1, 0.15) is 23.2 Å². The molecule has 1 aromatic carbocycles. The second kappa shape index (κ2) is 3.94. The van der Waals surface area contributed by atoms with Crippen molar-refractivity contribution in [2.75, 3.05) is 13.6 Å². The van der Waals surface area contributed by atoms with E-state index in [9.17, 15) is 13.6 Å². The molecule has 0 amide bonds. The monoisotopic (exact) mass is 225 g/mol. The van der Waals surface area contributed by atoms with Gasteiger partial charge in [-0.15, -0.1) is 0 Å². The molecule has 1 aromatic rings. The van der Waals surface area contributed by atoms with Crippen LogP contribution < -0.4 is 5.32 Å². The largest absolute Gasteiger partial charge is 0.319 e. The number of carbonyl (C=O) groups excluding carboxylic acids is 1. The van der Waals surface area contributed by atoms with E-state index in [2.05, 4.69) is 5.32 Å². The van der Waals surface area contributed by atoms with E-state index in [0.29, 0.717) is 6.54 Å². The Morgan fingerprint density at radius 1 is 1.44 bits per heavy atom. The Labute approximate surface area is 92.7 Å². The lowest BCUT2D eigenvalue weighted by molar-refractivity contribution is 0.0895. The minimum absolute atomic E-state index is 0.132. The molecule has 0 heterocycles. The Kier molecular flexibility index (Phi) is 2.76. The second-order valence-electron chi connectivity index (χ2n) is 4.26. The van der Waals surface area contributed by atoms with Crippen molar-refractivity contribution in [2.45, 2.75) is 12.8 Å². The Hall–Kier alpha value is -1.29. The van der Waals surface area contributed by atoms with Crippen molar-refractivity contribution in [3.8, 4) is 0 Å². The summed E-state index contributed by atoms with van der Waals surface area (Å²) in [5.74, 6) is -1.52. The van der Waals surface area contributed by atoms with Crippen LogP contribution in [-0.2, 0) is 0 Å². The van der Waals surface area contributed by atoms with Crippen molar-refractivity contribution in [1.82, 2.24) is 5.32 Å². The third-order valence-corrected chi connectivity index (χ3v) is 3.02. The molecule has 0 spiro atoms. The van der Waals surface area contributed by atoms with E-state index in [1.54, 1.807) is 7.05 Å². The molecule has 2 rings (SSSR count). The summed E-state index contributed by atoms with van der Waals surface area (Å²) in [6, 6.07) is 3.00. The van der Waals surface area contributed by atoms with E-state index >= 15 is 0 Å². The van der Waals surface area contributed by atoms with Gasteiger partial charge in [0.15, 0.2) is 5.78 Å². The van der Waals surface area contributed by atoms with Gasteiger partial charge in [-0.05, 0) is 38.1 Å². The molecule has 4 heteroatoms. The molecule has 0 atom stereocenters. The first-order chi connectivity index (χ1) is 7.59. The fourth-order valence-electron chi connectivity index (χ4n) is 1.93. The van der Waals surface area contributed by atoms with Crippen LogP contribution in [0.25, 0.3) is 0 Å². The highest BCUT2D eigenvalue weighted by Crippen LogP contribution is 2.47. The smallest absolute Gasteiger partial charge is 0.173 e. The normalized spacial score (nSPS) is 17.2. The van der Waals surface area contributed by atoms with Crippen LogP contribution in [-0.4, -0.2) is 19.4 Å². The molecule has 16 heavy (non-hydrogen) atoms. The number of carbonyl (C=O) groups is 1. The minimum atomic E-state index is -0.645. The second-order valence-corrected chi connectivity index (χ2v) is 4.26. The van der Waals surface area contributed by atoms with Crippen LogP contribution in [0.4, 0.5) is 8.78 Å². The summed E-state index contributed by atoms with van der Waals surface area (Å²) < 4.78 is 26.4. The molecule has 1 fully saturated rings. The van der Waals surface area contributed by atoms with Crippen molar-refractivity contribution in [3.63, 3.8) is 0 Å². The quantitative estimate of drug-likeness (QED) is 0.795. The van der Waals surface area contributed by atoms with Crippen molar-refractivity contribution < 1.29 is 13.6 Å². The number of hydrogen-bond acceptors (Lipinski definition) is 2. The summed E-state index contributed by atoms with van der Waals surface area (Å²) in [4.78, 5) is 12.0. The predicted octanol–water partition coefficient (Wildman–Crippen LogP) is 2.15. The highest BCUT2D eigenvalue weighted by atomic mass is 19.1. The van der Waals surface area contributed by atoms with E-state index < -0.39 is 17.0 Å². The zero-order valence-corrected chi connectivity index (χ0v) is 9.02. The zero-order valence-electron chi connectivity index (χ0n) is 9.02. The van der Waals surface area contributed by atoms with Crippen LogP contribution >= 0.6 is 0 Å². The summed E-state index contributed by atoms with van der Waals surface area (Å²) in [7, 11) is 1.75. The molecule has 1 saturated carbocycles. The SMILES string of the molecule is CNCC1(C(=O)c2cc(F)ccc2F)CC1. The van der Waals surface area contributed by atoms with Crippen molar-refractivity contribution in [1.29, 1.82) is 0 Å². The molecule has 1 aliphatic rings. The van der Waals surface area contributed by atoms with Gasteiger partial charge in [0.1, 0.15) is 11.6 Å². The highest BCUT2D eigenvalue weighted by Gasteiger charge is 2.49. The average Bonchev–Trinajstić information content (AvgIpc) is 3.02. The van der Waals surface area contributed by atoms with E-state index in [4.69, 9.17) is 0 Å².